The van der Waals surface area contributed by atoms with Crippen LogP contribution in [0.4, 0.5) is 0 Å². The average molecular weight is 663 g/mol. The highest BCUT2D eigenvalue weighted by Crippen LogP contribution is 2.42. The summed E-state index contributed by atoms with van der Waals surface area (Å²) in [7, 11) is -2.76. The first-order valence-corrected chi connectivity index (χ1v) is 17.2. The zero-order valence-corrected chi connectivity index (χ0v) is 27.9. The molecule has 0 radical (unpaired) electrons. The van der Waals surface area contributed by atoms with Gasteiger partial charge >= 0.3 is 10.2 Å². The number of methoxy groups -OCH3 is 1. The maximum atomic E-state index is 11.8. The minimum Gasteiger partial charge on any atom is -0.603 e. The lowest BCUT2D eigenvalue weighted by atomic mass is 9.85. The Kier molecular flexibility index (Phi) is 12.0. The van der Waals surface area contributed by atoms with Crippen LogP contribution in [0.15, 0.2) is 47.1 Å². The van der Waals surface area contributed by atoms with Crippen molar-refractivity contribution in [3.8, 4) is 11.5 Å². The molecule has 0 aliphatic carbocycles. The third-order valence-electron chi connectivity index (χ3n) is 8.99. The number of ether oxygens (including phenoxy) is 5. The Balaban J connectivity index is 0.000000157. The lowest BCUT2D eigenvalue weighted by molar-refractivity contribution is -0.800. The summed E-state index contributed by atoms with van der Waals surface area (Å²) in [6, 6.07) is 7.60. The molecule has 2 saturated heterocycles. The van der Waals surface area contributed by atoms with Crippen LogP contribution in [0.2, 0.25) is 0 Å². The van der Waals surface area contributed by atoms with E-state index in [9.17, 15) is 18.6 Å². The van der Waals surface area contributed by atoms with Crippen LogP contribution in [0, 0.1) is 0 Å². The molecule has 1 unspecified atom stereocenters. The van der Waals surface area contributed by atoms with E-state index in [-0.39, 0.29) is 15.1 Å². The second-order valence-electron chi connectivity index (χ2n) is 11.5. The summed E-state index contributed by atoms with van der Waals surface area (Å²) in [5.41, 5.74) is 1.20. The standard InChI is InChI=1S/C12H15NO3.C12H13NO2.C8H18N2O4S/c14-9-8-12(3-6-15-7-4-12)16-10-2-1-5-13-11(9)10;1-2-11-10(13-7-1)3-4-12(15-11)5-8-14-9-6-12;1-5-10(6-2,7-3)15(12,13)9-8(11)14-4/h1-2,5,9,14H,3-4,6-8H2;1-4,7H,5-6,8-9H2;5-7H2,1-4H3. The molecule has 1 N–H and O–H groups in total. The Morgan fingerprint density at radius 2 is 1.57 bits per heavy atom. The molecule has 2 aromatic rings. The highest BCUT2D eigenvalue weighted by molar-refractivity contribution is 7.84. The molecular formula is C32H46N4O9S. The number of hydrogen-bond donors (Lipinski definition) is 1. The lowest BCUT2D eigenvalue weighted by Crippen LogP contribution is -2.51. The summed E-state index contributed by atoms with van der Waals surface area (Å²) in [6.45, 7) is 9.33. The van der Waals surface area contributed by atoms with Gasteiger partial charge in [-0.05, 0) is 64.3 Å². The normalized spacial score (nSPS) is 21.2. The van der Waals surface area contributed by atoms with Gasteiger partial charge < -0.3 is 33.9 Å². The summed E-state index contributed by atoms with van der Waals surface area (Å²) in [6.07, 6.45) is 10.2. The Bertz CT molecular complexity index is 1440. The maximum absolute atomic E-state index is 11.8. The van der Waals surface area contributed by atoms with E-state index in [2.05, 4.69) is 31.3 Å². The van der Waals surface area contributed by atoms with Crippen LogP contribution in [-0.2, 0) is 24.4 Å². The monoisotopic (exact) mass is 662 g/mol. The second kappa shape index (κ2) is 15.5. The fraction of sp³-hybridized carbons (Fsp3) is 0.594. The van der Waals surface area contributed by atoms with E-state index in [1.165, 1.54) is 0 Å². The Labute approximate surface area is 271 Å². The van der Waals surface area contributed by atoms with Crippen LogP contribution in [0.5, 0.6) is 11.5 Å². The number of aromatic nitrogens is 2. The van der Waals surface area contributed by atoms with E-state index in [1.807, 2.05) is 24.3 Å². The van der Waals surface area contributed by atoms with E-state index in [0.717, 1.165) is 63.2 Å². The molecule has 6 rings (SSSR count). The molecule has 0 bridgehead atoms. The summed E-state index contributed by atoms with van der Waals surface area (Å²) in [4.78, 5) is 8.43. The third-order valence-corrected chi connectivity index (χ3v) is 11.1. The summed E-state index contributed by atoms with van der Waals surface area (Å²) in [5.74, 6) is 1.62. The highest BCUT2D eigenvalue weighted by atomic mass is 32.2. The first-order valence-electron chi connectivity index (χ1n) is 15.8. The van der Waals surface area contributed by atoms with Gasteiger partial charge in [0.1, 0.15) is 40.2 Å². The zero-order valence-electron chi connectivity index (χ0n) is 27.1. The molecular weight excluding hydrogens is 616 g/mol. The topological polar surface area (TPSA) is 162 Å². The Morgan fingerprint density at radius 1 is 0.978 bits per heavy atom. The molecule has 2 aromatic heterocycles. The van der Waals surface area contributed by atoms with E-state index in [1.54, 1.807) is 33.2 Å². The van der Waals surface area contributed by atoms with Crippen LogP contribution in [0.25, 0.3) is 6.08 Å². The SMILES string of the molecule is C1=CC2(CCOCC2)Oc2cccnc21.CC[N+](CC)(CC)S(=O)(=O)N=C([O-])OC.OC1CC2(CCOCC2)Oc2cccnc21. The van der Waals surface area contributed by atoms with Crippen molar-refractivity contribution in [1.82, 2.24) is 9.97 Å². The van der Waals surface area contributed by atoms with Gasteiger partial charge in [-0.1, -0.05) is 4.40 Å². The molecule has 13 nitrogen and oxygen atoms in total. The predicted molar refractivity (Wildman–Crippen MR) is 169 cm³/mol. The van der Waals surface area contributed by atoms with E-state index in [4.69, 9.17) is 18.9 Å². The van der Waals surface area contributed by atoms with Crippen molar-refractivity contribution in [3.05, 3.63) is 54.1 Å². The van der Waals surface area contributed by atoms with Crippen molar-refractivity contribution in [1.29, 1.82) is 0 Å². The number of quaternary nitrogens is 1. The van der Waals surface area contributed by atoms with Gasteiger partial charge in [0.05, 0.1) is 46.1 Å². The molecule has 254 valence electrons. The van der Waals surface area contributed by atoms with Crippen molar-refractivity contribution < 1.29 is 46.2 Å². The average Bonchev–Trinajstić information content (AvgIpc) is 3.07. The van der Waals surface area contributed by atoms with Gasteiger partial charge in [0.25, 0.3) is 0 Å². The third kappa shape index (κ3) is 8.15. The Morgan fingerprint density at radius 3 is 2.17 bits per heavy atom. The number of hydrogen-bond acceptors (Lipinski definition) is 11. The quantitative estimate of drug-likeness (QED) is 0.285. The molecule has 6 heterocycles. The van der Waals surface area contributed by atoms with Crippen LogP contribution in [0.1, 0.15) is 70.4 Å². The number of rotatable bonds is 5. The number of fused-ring (bicyclic) bond motifs is 2. The first kappa shape index (κ1) is 35.6. The molecule has 1 atom stereocenters. The predicted octanol–water partition coefficient (Wildman–Crippen LogP) is 2.95. The Hall–Kier alpha value is -3.30. The van der Waals surface area contributed by atoms with Crippen molar-refractivity contribution in [2.45, 2.75) is 70.2 Å². The molecule has 4 aliphatic rings. The van der Waals surface area contributed by atoms with Crippen LogP contribution >= 0.6 is 0 Å². The number of pyridine rings is 2. The maximum Gasteiger partial charge on any atom is 0.416 e. The molecule has 0 amide bonds. The fourth-order valence-electron chi connectivity index (χ4n) is 5.97. The van der Waals surface area contributed by atoms with Gasteiger partial charge in [0.2, 0.25) is 0 Å². The number of nitrogens with zero attached hydrogens (tertiary/aromatic N) is 4. The van der Waals surface area contributed by atoms with Crippen molar-refractivity contribution >= 4 is 22.4 Å². The number of aliphatic hydroxyl groups is 1. The molecule has 0 aromatic carbocycles. The van der Waals surface area contributed by atoms with Crippen molar-refractivity contribution in [2.75, 3.05) is 53.2 Å². The second-order valence-corrected chi connectivity index (χ2v) is 13.4. The lowest BCUT2D eigenvalue weighted by Gasteiger charge is -2.42. The summed E-state index contributed by atoms with van der Waals surface area (Å²) >= 11 is 0. The van der Waals surface area contributed by atoms with E-state index in [0.29, 0.717) is 45.0 Å². The summed E-state index contributed by atoms with van der Waals surface area (Å²) in [5, 5.41) is 20.9. The van der Waals surface area contributed by atoms with Crippen LogP contribution in [0.3, 0.4) is 0 Å². The minimum atomic E-state index is -3.86. The zero-order chi connectivity index (χ0) is 33.3. The van der Waals surface area contributed by atoms with Crippen LogP contribution < -0.4 is 14.6 Å². The van der Waals surface area contributed by atoms with Crippen molar-refractivity contribution in [2.24, 2.45) is 4.40 Å². The molecule has 4 aliphatic heterocycles. The molecule has 14 heteroatoms. The highest BCUT2D eigenvalue weighted by Gasteiger charge is 2.42. The molecule has 0 saturated carbocycles. The van der Waals surface area contributed by atoms with Gasteiger partial charge in [-0.25, -0.2) is 0 Å². The molecule has 46 heavy (non-hydrogen) atoms. The smallest absolute Gasteiger partial charge is 0.416 e. The summed E-state index contributed by atoms with van der Waals surface area (Å²) < 4.78 is 53.5. The minimum absolute atomic E-state index is 0.145. The van der Waals surface area contributed by atoms with Gasteiger partial charge in [-0.2, -0.15) is 3.89 Å². The van der Waals surface area contributed by atoms with Gasteiger partial charge in [0, 0.05) is 44.5 Å². The van der Waals surface area contributed by atoms with E-state index >= 15 is 0 Å². The van der Waals surface area contributed by atoms with E-state index < -0.39 is 22.4 Å². The van der Waals surface area contributed by atoms with Gasteiger partial charge in [-0.15, -0.1) is 8.42 Å². The first-order chi connectivity index (χ1) is 22.1. The van der Waals surface area contributed by atoms with Gasteiger partial charge in [0.15, 0.2) is 6.08 Å². The van der Waals surface area contributed by atoms with Crippen LogP contribution in [-0.4, -0.2) is 97.8 Å². The molecule has 2 fully saturated rings. The fourth-order valence-corrected chi connectivity index (χ4v) is 7.39. The van der Waals surface area contributed by atoms with Gasteiger partial charge in [-0.3, -0.25) is 9.97 Å². The van der Waals surface area contributed by atoms with Crippen molar-refractivity contribution in [3.63, 3.8) is 0 Å². The largest absolute Gasteiger partial charge is 0.603 e. The molecule has 2 spiro atoms. The number of aliphatic hydroxyl groups excluding tert-OH is 1.